The fourth-order valence-electron chi connectivity index (χ4n) is 5.74. The number of ether oxygens (including phenoxy) is 1. The van der Waals surface area contributed by atoms with Crippen molar-refractivity contribution in [3.05, 3.63) is 152 Å². The van der Waals surface area contributed by atoms with Crippen LogP contribution in [0.15, 0.2) is 134 Å². The molecule has 0 spiro atoms. The molecule has 2 aromatic heterocycles. The molecule has 0 aliphatic carbocycles. The zero-order chi connectivity index (χ0) is 38.3. The Kier molecular flexibility index (Phi) is 13.4. The van der Waals surface area contributed by atoms with Crippen LogP contribution in [0.3, 0.4) is 0 Å². The normalized spacial score (nSPS) is 14.5. The zero-order valence-corrected chi connectivity index (χ0v) is 35.3. The molecular formula is C45H50IrN8O-2. The molecule has 2 aliphatic rings. The van der Waals surface area contributed by atoms with E-state index in [2.05, 4.69) is 98.6 Å². The van der Waals surface area contributed by atoms with E-state index >= 15 is 0 Å². The molecule has 0 N–H and O–H groups in total. The van der Waals surface area contributed by atoms with Gasteiger partial charge in [-0.3, -0.25) is 9.80 Å². The molecule has 2 aliphatic heterocycles. The van der Waals surface area contributed by atoms with E-state index in [0.717, 1.165) is 51.7 Å². The maximum Gasteiger partial charge on any atom is 0.221 e. The van der Waals surface area contributed by atoms with Crippen molar-refractivity contribution < 1.29 is 24.8 Å². The molecule has 0 amide bonds. The van der Waals surface area contributed by atoms with E-state index in [1.807, 2.05) is 121 Å². The molecule has 1 atom stereocenters. The SMILES string of the molecule is CC(C)(C)C.CCOC1N(c2ccccc2)c2ncc(C(C)(C)C)nc2N1c1ccccc1.[Ir].[c-]1ccccc1N1[CH-]N(c2ccccc2)c2nccnc21. The summed E-state index contributed by atoms with van der Waals surface area (Å²) in [5, 5.41) is 0. The average molecular weight is 911 g/mol. The second-order valence-corrected chi connectivity index (χ2v) is 15.5. The van der Waals surface area contributed by atoms with E-state index in [-0.39, 0.29) is 31.9 Å². The molecule has 4 aromatic carbocycles. The number of aromatic nitrogens is 4. The van der Waals surface area contributed by atoms with E-state index in [1.54, 1.807) is 12.4 Å². The van der Waals surface area contributed by atoms with Crippen LogP contribution in [-0.4, -0.2) is 32.9 Å². The molecule has 1 radical (unpaired) electrons. The summed E-state index contributed by atoms with van der Waals surface area (Å²) in [4.78, 5) is 27.1. The van der Waals surface area contributed by atoms with Gasteiger partial charge in [0, 0.05) is 61.6 Å². The summed E-state index contributed by atoms with van der Waals surface area (Å²) >= 11 is 0. The summed E-state index contributed by atoms with van der Waals surface area (Å²) in [5.74, 6) is 3.26. The van der Waals surface area contributed by atoms with E-state index in [0.29, 0.717) is 12.0 Å². The number of hydrogen-bond donors (Lipinski definition) is 0. The number of rotatable bonds is 6. The van der Waals surface area contributed by atoms with Crippen LogP contribution in [-0.2, 0) is 30.3 Å². The summed E-state index contributed by atoms with van der Waals surface area (Å²) in [6.45, 7) is 19.8. The predicted octanol–water partition coefficient (Wildman–Crippen LogP) is 11.1. The first-order valence-corrected chi connectivity index (χ1v) is 18.4. The largest absolute Gasteiger partial charge is 0.477 e. The average Bonchev–Trinajstić information content (AvgIpc) is 3.72. The fourth-order valence-corrected chi connectivity index (χ4v) is 5.74. The fraction of sp³-hybridized carbons (Fsp3) is 0.267. The van der Waals surface area contributed by atoms with Gasteiger partial charge in [-0.1, -0.05) is 103 Å². The summed E-state index contributed by atoms with van der Waals surface area (Å²) in [5.41, 5.74) is 5.42. The minimum Gasteiger partial charge on any atom is -0.477 e. The minimum absolute atomic E-state index is 0. The Morgan fingerprint density at radius 3 is 1.60 bits per heavy atom. The molecule has 10 heteroatoms. The van der Waals surface area contributed by atoms with Crippen LogP contribution in [0.25, 0.3) is 0 Å². The first kappa shape index (κ1) is 41.0. The van der Waals surface area contributed by atoms with E-state index in [1.165, 1.54) is 0 Å². The van der Waals surface area contributed by atoms with Crippen molar-refractivity contribution >= 4 is 46.0 Å². The van der Waals surface area contributed by atoms with Crippen molar-refractivity contribution in [3.8, 4) is 0 Å². The van der Waals surface area contributed by atoms with Crippen LogP contribution in [0.1, 0.15) is 61.1 Å². The first-order chi connectivity index (χ1) is 25.9. The number of nitrogens with zero attached hydrogens (tertiary/aromatic N) is 8. The molecule has 0 saturated heterocycles. The van der Waals surface area contributed by atoms with Gasteiger partial charge in [-0.05, 0) is 48.7 Å². The van der Waals surface area contributed by atoms with Gasteiger partial charge in [-0.15, -0.1) is 12.4 Å². The van der Waals surface area contributed by atoms with E-state index in [4.69, 9.17) is 14.7 Å². The Hall–Kier alpha value is -5.15. The molecule has 6 aromatic rings. The Morgan fingerprint density at radius 2 is 1.11 bits per heavy atom. The third kappa shape index (κ3) is 9.94. The Morgan fingerprint density at radius 1 is 0.618 bits per heavy atom. The number of hydrogen-bond acceptors (Lipinski definition) is 9. The van der Waals surface area contributed by atoms with Crippen molar-refractivity contribution in [3.63, 3.8) is 0 Å². The molecule has 287 valence electrons. The topological polar surface area (TPSA) is 73.8 Å². The maximum atomic E-state index is 6.22. The van der Waals surface area contributed by atoms with Gasteiger partial charge in [0.15, 0.2) is 11.6 Å². The van der Waals surface area contributed by atoms with Gasteiger partial charge in [0.2, 0.25) is 6.35 Å². The first-order valence-electron chi connectivity index (χ1n) is 18.4. The van der Waals surface area contributed by atoms with Gasteiger partial charge in [0.1, 0.15) is 11.6 Å². The molecule has 55 heavy (non-hydrogen) atoms. The van der Waals surface area contributed by atoms with Crippen molar-refractivity contribution in [2.45, 2.75) is 67.2 Å². The van der Waals surface area contributed by atoms with Gasteiger partial charge in [-0.25, -0.2) is 19.9 Å². The van der Waals surface area contributed by atoms with Gasteiger partial charge >= 0.3 is 0 Å². The molecular weight excluding hydrogens is 861 g/mol. The summed E-state index contributed by atoms with van der Waals surface area (Å²) in [6.07, 6.45) is 4.95. The molecule has 0 bridgehead atoms. The van der Waals surface area contributed by atoms with Gasteiger partial charge in [-0.2, -0.15) is 30.3 Å². The predicted molar refractivity (Wildman–Crippen MR) is 221 cm³/mol. The summed E-state index contributed by atoms with van der Waals surface area (Å²) < 4.78 is 6.22. The van der Waals surface area contributed by atoms with Gasteiger partial charge in [0.25, 0.3) is 0 Å². The van der Waals surface area contributed by atoms with Crippen LogP contribution >= 0.6 is 0 Å². The molecule has 9 nitrogen and oxygen atoms in total. The zero-order valence-electron chi connectivity index (χ0n) is 32.9. The monoisotopic (exact) mass is 911 g/mol. The third-order valence-electron chi connectivity index (χ3n) is 8.12. The van der Waals surface area contributed by atoms with Crippen molar-refractivity contribution in [1.82, 2.24) is 19.9 Å². The van der Waals surface area contributed by atoms with Crippen LogP contribution in [0.4, 0.5) is 46.0 Å². The molecule has 8 rings (SSSR count). The minimum atomic E-state index is -0.347. The third-order valence-corrected chi connectivity index (χ3v) is 8.12. The van der Waals surface area contributed by atoms with Crippen molar-refractivity contribution in [2.75, 3.05) is 26.2 Å². The second kappa shape index (κ2) is 18.0. The van der Waals surface area contributed by atoms with E-state index in [9.17, 15) is 0 Å². The molecule has 4 heterocycles. The Labute approximate surface area is 340 Å². The Balaban J connectivity index is 0.000000190. The molecule has 1 unspecified atom stereocenters. The second-order valence-electron chi connectivity index (χ2n) is 15.5. The number of anilines is 8. The summed E-state index contributed by atoms with van der Waals surface area (Å²) in [7, 11) is 0. The van der Waals surface area contributed by atoms with Gasteiger partial charge in [0.05, 0.1) is 11.9 Å². The van der Waals surface area contributed by atoms with Crippen LogP contribution < -0.4 is 19.6 Å². The number of benzene rings is 4. The van der Waals surface area contributed by atoms with Crippen LogP contribution in [0, 0.1) is 18.2 Å². The number of para-hydroxylation sites is 4. The Bertz CT molecular complexity index is 2000. The smallest absolute Gasteiger partial charge is 0.221 e. The van der Waals surface area contributed by atoms with Crippen molar-refractivity contribution in [2.24, 2.45) is 5.41 Å². The maximum absolute atomic E-state index is 6.22. The number of fused-ring (bicyclic) bond motifs is 2. The quantitative estimate of drug-likeness (QED) is 0.152. The molecule has 0 saturated carbocycles. The van der Waals surface area contributed by atoms with E-state index < -0.39 is 0 Å². The standard InChI is InChI=1S/C23H26N4O.C17H12N4.C5H12.Ir/c1-5-28-22-26(17-12-8-6-9-13-17)20-21(25-19(16-24-20)23(2,3)4)27(22)18-14-10-7-11-15-18;1-3-7-14(8-4-1)20-13-21(15-9-5-2-6-10-15)17-16(20)18-11-12-19-17;1-5(2,3)4;/h6-16,22H,5H2,1-4H3;1-9,11-13H;1-4H3;/q;-2;;. The van der Waals surface area contributed by atoms with Crippen LogP contribution in [0.5, 0.6) is 0 Å². The van der Waals surface area contributed by atoms with Gasteiger partial charge < -0.3 is 14.5 Å². The molecule has 0 fully saturated rings. The van der Waals surface area contributed by atoms with Crippen molar-refractivity contribution in [1.29, 1.82) is 0 Å². The summed E-state index contributed by atoms with van der Waals surface area (Å²) in [6, 6.07) is 41.6. The van der Waals surface area contributed by atoms with Crippen LogP contribution in [0.2, 0.25) is 0 Å².